The second kappa shape index (κ2) is 23.7. The Morgan fingerprint density at radius 2 is 0.366 bits per heavy atom. The number of amidine groups is 8. The molecule has 8 bridgehead atoms. The van der Waals surface area contributed by atoms with Gasteiger partial charge in [-0.3, -0.25) is 0 Å². The van der Waals surface area contributed by atoms with Gasteiger partial charge in [0.1, 0.15) is 22.1 Å². The molecule has 5 aliphatic heterocycles. The molecule has 0 spiro atoms. The zero-order chi connectivity index (χ0) is 65.8. The Morgan fingerprint density at radius 3 is 0.516 bits per heavy atom. The maximum absolute atomic E-state index is 10.6. The number of fused-ring (bicyclic) bond motifs is 7. The molecule has 6 aromatic carbocycles. The number of nitrogens with zero attached hydrogens (tertiary/aromatic N) is 12. The van der Waals surface area contributed by atoms with E-state index in [1.54, 1.807) is 0 Å². The Morgan fingerprint density at radius 1 is 0.226 bits per heavy atom. The van der Waals surface area contributed by atoms with Crippen LogP contribution in [-0.4, -0.2) is 68.4 Å². The third kappa shape index (κ3) is 12.6. The first kappa shape index (κ1) is 65.2. The smallest absolute Gasteiger partial charge is 0.761 e. The van der Waals surface area contributed by atoms with Crippen LogP contribution in [0.5, 0.6) is 0 Å². The number of aromatic nitrogens is 2. The fourth-order valence-corrected chi connectivity index (χ4v) is 11.9. The monoisotopic (exact) mass is 1270 g/mol. The topological polar surface area (TPSA) is 169 Å². The predicted molar refractivity (Wildman–Crippen MR) is 385 cm³/mol. The number of aliphatic imine (C=N–C) groups is 8. The van der Waals surface area contributed by atoms with Crippen molar-refractivity contribution in [2.75, 3.05) is 0 Å². The Bertz CT molecular complexity index is 4800. The maximum atomic E-state index is 10.6. The first-order valence-corrected chi connectivity index (χ1v) is 31.6. The molecule has 13 heteroatoms. The van der Waals surface area contributed by atoms with Crippen LogP contribution < -0.4 is 10.7 Å². The van der Waals surface area contributed by atoms with E-state index in [2.05, 4.69) is 282 Å². The molecule has 12 nitrogen and oxygen atoms in total. The van der Waals surface area contributed by atoms with Crippen LogP contribution in [0.4, 0.5) is 0 Å². The van der Waals surface area contributed by atoms with Gasteiger partial charge >= 0.3 is 17.1 Å². The largest absolute Gasteiger partial charge is 2.00 e. The van der Waals surface area contributed by atoms with E-state index < -0.39 is 0 Å². The molecule has 469 valence electrons. The molecule has 6 heterocycles. The molecule has 0 N–H and O–H groups in total. The minimum Gasteiger partial charge on any atom is -0.761 e. The van der Waals surface area contributed by atoms with Crippen LogP contribution in [0.3, 0.4) is 0 Å². The molecule has 0 unspecified atom stereocenters. The molecule has 1 aromatic heterocycles. The standard InChI is InChI=1S/C80H78N12.Cu/c1-75(2,3)51-31-19-45(20-32-51)59-60(46-21-33-52(34-22-46)76(4,5)6)68-85-67(59)86-69-61(47-23-35-53(36-24-47)77(7,8)9)63(49-27-39-55(40-28-49)79(13,14)15)71(88-69)90-73-65-66(84-58(44-82)57(43-81)83-65)74(92-73)91-72-64(50-29-41-56(42-30-50)80(16,17)18)62(70(87-68)89-72)48-25-37-54(38-26-48)78(10,11)12;/h19-42H,1-18H3;/q-2;+2. The summed E-state index contributed by atoms with van der Waals surface area (Å²) in [5.41, 5.74) is 15.9. The molecule has 1 radical (unpaired) electrons. The van der Waals surface area contributed by atoms with Crippen LogP contribution in [0, 0.1) is 0 Å². The Balaban J connectivity index is 0.00000884. The van der Waals surface area contributed by atoms with Crippen molar-refractivity contribution in [3.05, 3.63) is 245 Å². The summed E-state index contributed by atoms with van der Waals surface area (Å²) in [6.45, 7) is 39.7. The van der Waals surface area contributed by atoms with Gasteiger partial charge in [-0.05, 0) is 99.3 Å². The van der Waals surface area contributed by atoms with Crippen LogP contribution in [0.1, 0.15) is 203 Å². The Kier molecular flexibility index (Phi) is 16.6. The fourth-order valence-electron chi connectivity index (χ4n) is 11.9. The average Bonchev–Trinajstić information content (AvgIpc) is 1.60. The molecule has 0 fully saturated rings. The van der Waals surface area contributed by atoms with Gasteiger partial charge in [-0.25, -0.2) is 61.6 Å². The molecule has 0 atom stereocenters. The van der Waals surface area contributed by atoms with Crippen molar-refractivity contribution < 1.29 is 17.1 Å². The van der Waals surface area contributed by atoms with Crippen molar-refractivity contribution in [2.24, 2.45) is 39.9 Å². The second-order valence-corrected chi connectivity index (χ2v) is 30.5. The van der Waals surface area contributed by atoms with Crippen LogP contribution in [0.15, 0.2) is 186 Å². The molecule has 0 amide bonds. The summed E-state index contributed by atoms with van der Waals surface area (Å²) in [6.07, 6.45) is 0. The molecule has 0 saturated carbocycles. The van der Waals surface area contributed by atoms with Gasteiger partial charge in [-0.1, -0.05) is 270 Å². The Labute approximate surface area is 557 Å². The predicted octanol–water partition coefficient (Wildman–Crippen LogP) is 15.9. The molecule has 93 heavy (non-hydrogen) atoms. The van der Waals surface area contributed by atoms with Gasteiger partial charge in [-0.15, -0.1) is 0 Å². The number of rotatable bonds is 6. The zero-order valence-corrected chi connectivity index (χ0v) is 57.5. The normalized spacial score (nSPS) is 15.9. The molecule has 12 rings (SSSR count). The van der Waals surface area contributed by atoms with Gasteiger partial charge in [-0.2, -0.15) is 0 Å². The van der Waals surface area contributed by atoms with Crippen molar-refractivity contribution in [2.45, 2.75) is 157 Å². The van der Waals surface area contributed by atoms with E-state index in [0.717, 1.165) is 66.8 Å². The number of hydrogen-bond donors (Lipinski definition) is 0. The van der Waals surface area contributed by atoms with Gasteiger partial charge in [0.25, 0.3) is 0 Å². The zero-order valence-electron chi connectivity index (χ0n) is 56.5. The fraction of sp³-hybridized carbons (Fsp3) is 0.300. The van der Waals surface area contributed by atoms with Crippen LogP contribution in [-0.2, 0) is 49.6 Å². The third-order valence-electron chi connectivity index (χ3n) is 17.6. The maximum Gasteiger partial charge on any atom is 2.00 e. The van der Waals surface area contributed by atoms with Crippen molar-refractivity contribution >= 4 is 91.9 Å². The number of benzene rings is 6. The molecular weight excluding hydrogens is 1190 g/mol. The van der Waals surface area contributed by atoms with Gasteiger partial charge in [0.2, 0.25) is 0 Å². The summed E-state index contributed by atoms with van der Waals surface area (Å²) in [4.78, 5) is 54.0. The van der Waals surface area contributed by atoms with Crippen molar-refractivity contribution in [1.82, 2.24) is 9.97 Å². The van der Waals surface area contributed by atoms with Crippen LogP contribution in [0.25, 0.3) is 44.3 Å². The van der Waals surface area contributed by atoms with E-state index in [-0.39, 0.29) is 95.0 Å². The van der Waals surface area contributed by atoms with Crippen molar-refractivity contribution in [3.8, 4) is 0 Å². The first-order chi connectivity index (χ1) is 43.3. The third-order valence-corrected chi connectivity index (χ3v) is 17.6. The quantitative estimate of drug-likeness (QED) is 0.119. The molecule has 0 saturated heterocycles. The SMILES string of the molecule is CC(C)(C)c1ccc(C2=C(c3ccc(C(C)(C)C)cc3)C3=NC4=NC(=NC5=NC(=NC6=NC(=NC2=N3)C(c2ccc(C(C)(C)C)cc2)=C6c2ccc(C(C)(C)C)cc2)c2nc(=C=[N-])c(=C=[N-])nc25)C(c2ccc(C(C)(C)C)cc2)=C4c2ccc(C(C)(C)C)cc2)cc1.[Cu+2]. The summed E-state index contributed by atoms with van der Waals surface area (Å²) < 4.78 is 0. The van der Waals surface area contributed by atoms with Crippen molar-refractivity contribution in [1.29, 1.82) is 0 Å². The van der Waals surface area contributed by atoms with E-state index in [1.807, 2.05) is 0 Å². The average molecular weight is 1270 g/mol. The summed E-state index contributed by atoms with van der Waals surface area (Å²) >= 11 is 0. The summed E-state index contributed by atoms with van der Waals surface area (Å²) in [7, 11) is 0. The van der Waals surface area contributed by atoms with Gasteiger partial charge < -0.3 is 10.8 Å². The summed E-state index contributed by atoms with van der Waals surface area (Å²) in [5.74, 6) is 6.44. The molecule has 0 aliphatic carbocycles. The Hall–Kier alpha value is -9.34. The molecule has 5 aliphatic rings. The minimum atomic E-state index is -0.178. The summed E-state index contributed by atoms with van der Waals surface area (Å²) in [5, 5.41) is 20.8. The van der Waals surface area contributed by atoms with E-state index in [9.17, 15) is 10.8 Å². The molecular formula is C80H78CuN12. The second-order valence-electron chi connectivity index (χ2n) is 30.5. The van der Waals surface area contributed by atoms with E-state index in [1.165, 1.54) is 11.1 Å². The van der Waals surface area contributed by atoms with Gasteiger partial charge in [0, 0.05) is 33.4 Å². The number of hydrogen-bond acceptors (Lipinski definition) is 10. The van der Waals surface area contributed by atoms with E-state index in [0.29, 0.717) is 45.6 Å². The van der Waals surface area contributed by atoms with Gasteiger partial charge in [0.05, 0.1) is 0 Å². The van der Waals surface area contributed by atoms with Crippen molar-refractivity contribution in [3.63, 3.8) is 0 Å². The van der Waals surface area contributed by atoms with Crippen LogP contribution >= 0.6 is 0 Å². The first-order valence-electron chi connectivity index (χ1n) is 31.6. The summed E-state index contributed by atoms with van der Waals surface area (Å²) in [6, 6.07) is 51.7. The minimum absolute atomic E-state index is 0. The van der Waals surface area contributed by atoms with Gasteiger partial charge in [0.15, 0.2) is 46.7 Å². The van der Waals surface area contributed by atoms with Crippen LogP contribution in [0.2, 0.25) is 0 Å². The van der Waals surface area contributed by atoms with E-state index >= 15 is 0 Å². The molecule has 7 aromatic rings. The van der Waals surface area contributed by atoms with E-state index in [4.69, 9.17) is 49.9 Å².